The number of methoxy groups -OCH3 is 1. The number of ether oxygens (including phenoxy) is 1. The Labute approximate surface area is 66.2 Å². The van der Waals surface area contributed by atoms with Crippen molar-refractivity contribution in [1.29, 1.82) is 0 Å². The number of pyridine rings is 1. The second-order valence-corrected chi connectivity index (χ2v) is 2.19. The zero-order valence-corrected chi connectivity index (χ0v) is 6.58. The van der Waals surface area contributed by atoms with Crippen LogP contribution in [0.3, 0.4) is 0 Å². The van der Waals surface area contributed by atoms with E-state index in [2.05, 4.69) is 4.98 Å². The summed E-state index contributed by atoms with van der Waals surface area (Å²) in [4.78, 5) is 4.13. The van der Waals surface area contributed by atoms with Crippen LogP contribution in [-0.4, -0.2) is 18.6 Å². The Morgan fingerprint density at radius 2 is 2.45 bits per heavy atom. The van der Waals surface area contributed by atoms with Crippen LogP contribution in [0.5, 0.6) is 5.75 Å². The van der Waals surface area contributed by atoms with Gasteiger partial charge in [0.15, 0.2) is 0 Å². The number of aromatic nitrogens is 1. The third-order valence-corrected chi connectivity index (χ3v) is 1.45. The molecular formula is C8H12N2O. The van der Waals surface area contributed by atoms with Crippen LogP contribution < -0.4 is 10.5 Å². The van der Waals surface area contributed by atoms with Crippen molar-refractivity contribution in [2.24, 2.45) is 5.73 Å². The molecule has 1 rings (SSSR count). The Morgan fingerprint density at radius 3 is 3.09 bits per heavy atom. The predicted molar refractivity (Wildman–Crippen MR) is 43.5 cm³/mol. The van der Waals surface area contributed by atoms with Gasteiger partial charge in [0.1, 0.15) is 5.75 Å². The van der Waals surface area contributed by atoms with Crippen molar-refractivity contribution in [3.05, 3.63) is 24.0 Å². The molecule has 11 heavy (non-hydrogen) atoms. The summed E-state index contributed by atoms with van der Waals surface area (Å²) in [5.41, 5.74) is 6.32. The summed E-state index contributed by atoms with van der Waals surface area (Å²) in [6.07, 6.45) is 2.51. The first kappa shape index (κ1) is 8.01. The quantitative estimate of drug-likeness (QED) is 0.689. The van der Waals surface area contributed by atoms with E-state index in [9.17, 15) is 0 Å². The fraction of sp³-hybridized carbons (Fsp3) is 0.375. The standard InChI is InChI=1S/C8H12N2O/c1-11-8-3-2-6-10-7(8)4-5-9/h2-3,6H,4-5,9H2,1H3. The van der Waals surface area contributed by atoms with Gasteiger partial charge in [0.25, 0.3) is 0 Å². The summed E-state index contributed by atoms with van der Waals surface area (Å²) in [5.74, 6) is 0.818. The van der Waals surface area contributed by atoms with Crippen LogP contribution in [0, 0.1) is 0 Å². The highest BCUT2D eigenvalue weighted by molar-refractivity contribution is 5.26. The van der Waals surface area contributed by atoms with E-state index >= 15 is 0 Å². The molecule has 0 aliphatic carbocycles. The van der Waals surface area contributed by atoms with Gasteiger partial charge >= 0.3 is 0 Å². The lowest BCUT2D eigenvalue weighted by molar-refractivity contribution is 0.407. The second-order valence-electron chi connectivity index (χ2n) is 2.19. The third kappa shape index (κ3) is 1.91. The maximum atomic E-state index is 5.39. The maximum absolute atomic E-state index is 5.39. The highest BCUT2D eigenvalue weighted by Crippen LogP contribution is 2.13. The Bertz CT molecular complexity index is 225. The van der Waals surface area contributed by atoms with E-state index in [0.717, 1.165) is 17.9 Å². The van der Waals surface area contributed by atoms with Crippen LogP contribution in [0.2, 0.25) is 0 Å². The summed E-state index contributed by atoms with van der Waals surface area (Å²) in [7, 11) is 1.64. The van der Waals surface area contributed by atoms with Gasteiger partial charge in [-0.05, 0) is 18.7 Å². The summed E-state index contributed by atoms with van der Waals surface area (Å²) in [6, 6.07) is 3.73. The molecule has 60 valence electrons. The first-order valence-corrected chi connectivity index (χ1v) is 3.56. The zero-order chi connectivity index (χ0) is 8.10. The van der Waals surface area contributed by atoms with Gasteiger partial charge in [-0.1, -0.05) is 0 Å². The largest absolute Gasteiger partial charge is 0.495 e. The molecule has 0 aromatic carbocycles. The van der Waals surface area contributed by atoms with Crippen molar-refractivity contribution < 1.29 is 4.74 Å². The number of hydrogen-bond acceptors (Lipinski definition) is 3. The van der Waals surface area contributed by atoms with E-state index in [1.807, 2.05) is 12.1 Å². The van der Waals surface area contributed by atoms with Crippen LogP contribution in [0.4, 0.5) is 0 Å². The normalized spacial score (nSPS) is 9.64. The molecule has 0 spiro atoms. The molecule has 1 aromatic heterocycles. The highest BCUT2D eigenvalue weighted by atomic mass is 16.5. The smallest absolute Gasteiger partial charge is 0.140 e. The summed E-state index contributed by atoms with van der Waals surface area (Å²) >= 11 is 0. The van der Waals surface area contributed by atoms with Gasteiger partial charge in [0.2, 0.25) is 0 Å². The molecule has 0 bridgehead atoms. The zero-order valence-electron chi connectivity index (χ0n) is 6.58. The molecule has 0 aliphatic rings. The minimum atomic E-state index is 0.605. The first-order chi connectivity index (χ1) is 5.38. The van der Waals surface area contributed by atoms with E-state index < -0.39 is 0 Å². The van der Waals surface area contributed by atoms with Crippen molar-refractivity contribution in [1.82, 2.24) is 4.98 Å². The lowest BCUT2D eigenvalue weighted by atomic mass is 10.2. The number of nitrogens with two attached hydrogens (primary N) is 1. The molecule has 0 saturated carbocycles. The highest BCUT2D eigenvalue weighted by Gasteiger charge is 1.99. The number of hydrogen-bond donors (Lipinski definition) is 1. The van der Waals surface area contributed by atoms with E-state index in [1.54, 1.807) is 13.3 Å². The number of rotatable bonds is 3. The van der Waals surface area contributed by atoms with Crippen molar-refractivity contribution in [2.45, 2.75) is 6.42 Å². The molecule has 1 aromatic rings. The Kier molecular flexibility index (Phi) is 2.86. The Hall–Kier alpha value is -1.09. The maximum Gasteiger partial charge on any atom is 0.140 e. The van der Waals surface area contributed by atoms with Crippen LogP contribution in [0.25, 0.3) is 0 Å². The second kappa shape index (κ2) is 3.93. The van der Waals surface area contributed by atoms with E-state index in [0.29, 0.717) is 6.54 Å². The van der Waals surface area contributed by atoms with Gasteiger partial charge in [0, 0.05) is 12.6 Å². The van der Waals surface area contributed by atoms with E-state index in [-0.39, 0.29) is 0 Å². The minimum Gasteiger partial charge on any atom is -0.495 e. The van der Waals surface area contributed by atoms with Crippen LogP contribution in [-0.2, 0) is 6.42 Å². The molecule has 3 heteroatoms. The predicted octanol–water partition coefficient (Wildman–Crippen LogP) is 0.591. The van der Waals surface area contributed by atoms with Crippen molar-refractivity contribution in [2.75, 3.05) is 13.7 Å². The summed E-state index contributed by atoms with van der Waals surface area (Å²) in [5, 5.41) is 0. The average Bonchev–Trinajstić information content (AvgIpc) is 2.06. The lowest BCUT2D eigenvalue weighted by Crippen LogP contribution is -2.05. The molecule has 0 radical (unpaired) electrons. The minimum absolute atomic E-state index is 0.605. The van der Waals surface area contributed by atoms with E-state index in [4.69, 9.17) is 10.5 Å². The van der Waals surface area contributed by atoms with Crippen LogP contribution >= 0.6 is 0 Å². The van der Waals surface area contributed by atoms with Crippen LogP contribution in [0.15, 0.2) is 18.3 Å². The molecule has 2 N–H and O–H groups in total. The third-order valence-electron chi connectivity index (χ3n) is 1.45. The molecule has 1 heterocycles. The average molecular weight is 152 g/mol. The molecule has 0 amide bonds. The monoisotopic (exact) mass is 152 g/mol. The molecule has 0 atom stereocenters. The summed E-state index contributed by atoms with van der Waals surface area (Å²) < 4.78 is 5.08. The van der Waals surface area contributed by atoms with Gasteiger partial charge in [-0.15, -0.1) is 0 Å². The van der Waals surface area contributed by atoms with Crippen LogP contribution in [0.1, 0.15) is 5.69 Å². The van der Waals surface area contributed by atoms with Gasteiger partial charge in [-0.25, -0.2) is 0 Å². The molecular weight excluding hydrogens is 140 g/mol. The van der Waals surface area contributed by atoms with E-state index in [1.165, 1.54) is 0 Å². The topological polar surface area (TPSA) is 48.1 Å². The van der Waals surface area contributed by atoms with Gasteiger partial charge < -0.3 is 10.5 Å². The fourth-order valence-electron chi connectivity index (χ4n) is 0.934. The SMILES string of the molecule is COc1cccnc1CCN. The molecule has 0 saturated heterocycles. The van der Waals surface area contributed by atoms with Gasteiger partial charge in [-0.2, -0.15) is 0 Å². The van der Waals surface area contributed by atoms with Crippen molar-refractivity contribution >= 4 is 0 Å². The van der Waals surface area contributed by atoms with Crippen molar-refractivity contribution in [3.8, 4) is 5.75 Å². The summed E-state index contributed by atoms with van der Waals surface area (Å²) in [6.45, 7) is 0.605. The lowest BCUT2D eigenvalue weighted by Gasteiger charge is -2.04. The van der Waals surface area contributed by atoms with Crippen molar-refractivity contribution in [3.63, 3.8) is 0 Å². The molecule has 0 aliphatic heterocycles. The first-order valence-electron chi connectivity index (χ1n) is 3.56. The fourth-order valence-corrected chi connectivity index (χ4v) is 0.934. The Balaban J connectivity index is 2.83. The molecule has 0 fully saturated rings. The number of nitrogens with zero attached hydrogens (tertiary/aromatic N) is 1. The van der Waals surface area contributed by atoms with Gasteiger partial charge in [0.05, 0.1) is 12.8 Å². The van der Waals surface area contributed by atoms with Gasteiger partial charge in [-0.3, -0.25) is 4.98 Å². The molecule has 0 unspecified atom stereocenters. The Morgan fingerprint density at radius 1 is 1.64 bits per heavy atom. The molecule has 3 nitrogen and oxygen atoms in total.